The lowest BCUT2D eigenvalue weighted by Crippen LogP contribution is -2.52. The number of hydrogen-bond donors (Lipinski definition) is 5. The Labute approximate surface area is 220 Å². The van der Waals surface area contributed by atoms with E-state index in [2.05, 4.69) is 46.0 Å². The summed E-state index contributed by atoms with van der Waals surface area (Å²) < 4.78 is 4.89. The number of fused-ring (bicyclic) bond motifs is 3. The van der Waals surface area contributed by atoms with Gasteiger partial charge >= 0.3 is 5.97 Å². The SMILES string of the molecule is COC(=O)c1cnc2cc(NC3CC(C)NN3)nc(NC3C[C@H]4CC[C@@H](C3)N4C(=O)C(C)C(=O)S)c2c1. The Bertz CT molecular complexity index is 1210. The van der Waals surface area contributed by atoms with Gasteiger partial charge in [-0.15, -0.1) is 12.6 Å². The van der Waals surface area contributed by atoms with E-state index in [9.17, 15) is 14.4 Å². The van der Waals surface area contributed by atoms with Gasteiger partial charge in [-0.25, -0.2) is 15.2 Å². The number of thiol groups is 1. The Balaban J connectivity index is 1.41. The molecule has 37 heavy (non-hydrogen) atoms. The van der Waals surface area contributed by atoms with Crippen LogP contribution in [0.5, 0.6) is 0 Å². The third kappa shape index (κ3) is 5.23. The summed E-state index contributed by atoms with van der Waals surface area (Å²) in [6.07, 6.45) is 5.71. The molecule has 2 bridgehead atoms. The highest BCUT2D eigenvalue weighted by molar-refractivity contribution is 7.96. The number of hydrogen-bond acceptors (Lipinski definition) is 10. The van der Waals surface area contributed by atoms with Gasteiger partial charge in [-0.2, -0.15) is 0 Å². The molecule has 0 saturated carbocycles. The van der Waals surface area contributed by atoms with Crippen LogP contribution in [0.3, 0.4) is 0 Å². The van der Waals surface area contributed by atoms with Crippen molar-refractivity contribution in [1.29, 1.82) is 0 Å². The number of nitrogens with zero attached hydrogens (tertiary/aromatic N) is 3. The van der Waals surface area contributed by atoms with Crippen molar-refractivity contribution >= 4 is 52.2 Å². The van der Waals surface area contributed by atoms with Gasteiger partial charge in [-0.3, -0.25) is 20.0 Å². The van der Waals surface area contributed by atoms with Gasteiger partial charge < -0.3 is 20.3 Å². The van der Waals surface area contributed by atoms with Crippen LogP contribution in [-0.2, 0) is 14.3 Å². The Morgan fingerprint density at radius 2 is 1.86 bits per heavy atom. The molecule has 1 amide bonds. The van der Waals surface area contributed by atoms with Crippen molar-refractivity contribution in [2.45, 2.75) is 76.3 Å². The number of piperidine rings is 1. The van der Waals surface area contributed by atoms with Crippen molar-refractivity contribution in [3.05, 3.63) is 23.9 Å². The lowest BCUT2D eigenvalue weighted by atomic mass is 9.95. The third-order valence-electron chi connectivity index (χ3n) is 7.59. The predicted molar refractivity (Wildman–Crippen MR) is 142 cm³/mol. The molecule has 0 aliphatic carbocycles. The summed E-state index contributed by atoms with van der Waals surface area (Å²) in [5, 5.41) is 7.33. The molecule has 11 nitrogen and oxygen atoms in total. The summed E-state index contributed by atoms with van der Waals surface area (Å²) in [5.41, 5.74) is 7.46. The molecular weight excluding hydrogens is 494 g/mol. The number of aromatic nitrogens is 2. The first-order chi connectivity index (χ1) is 17.7. The van der Waals surface area contributed by atoms with Crippen LogP contribution in [0.25, 0.3) is 10.9 Å². The average molecular weight is 528 g/mol. The van der Waals surface area contributed by atoms with E-state index >= 15 is 0 Å². The van der Waals surface area contributed by atoms with E-state index in [1.165, 1.54) is 13.3 Å². The summed E-state index contributed by atoms with van der Waals surface area (Å²) in [4.78, 5) is 48.1. The lowest BCUT2D eigenvalue weighted by Gasteiger charge is -2.40. The number of anilines is 2. The first-order valence-electron chi connectivity index (χ1n) is 12.7. The summed E-state index contributed by atoms with van der Waals surface area (Å²) in [7, 11) is 1.34. The minimum atomic E-state index is -0.742. The van der Waals surface area contributed by atoms with Crippen molar-refractivity contribution in [3.63, 3.8) is 0 Å². The number of rotatable bonds is 7. The second kappa shape index (κ2) is 10.4. The first kappa shape index (κ1) is 25.7. The molecule has 0 radical (unpaired) electrons. The number of pyridine rings is 2. The normalized spacial score (nSPS) is 27.7. The van der Waals surface area contributed by atoms with Crippen LogP contribution in [0.15, 0.2) is 18.3 Å². The summed E-state index contributed by atoms with van der Waals surface area (Å²) >= 11 is 3.87. The fraction of sp³-hybridized carbons (Fsp3) is 0.560. The molecule has 4 unspecified atom stereocenters. The molecule has 12 heteroatoms. The zero-order chi connectivity index (χ0) is 26.3. The van der Waals surface area contributed by atoms with Gasteiger partial charge in [0.1, 0.15) is 17.6 Å². The molecule has 2 aromatic heterocycles. The summed E-state index contributed by atoms with van der Waals surface area (Å²) in [5.74, 6) is -0.0534. The zero-order valence-electron chi connectivity index (χ0n) is 21.2. The maximum Gasteiger partial charge on any atom is 0.339 e. The maximum absolute atomic E-state index is 13.0. The van der Waals surface area contributed by atoms with Crippen molar-refractivity contribution in [2.75, 3.05) is 17.7 Å². The Hall–Kier alpha value is -2.96. The van der Waals surface area contributed by atoms with Gasteiger partial charge in [0, 0.05) is 41.8 Å². The Kier molecular flexibility index (Phi) is 7.24. The molecule has 5 heterocycles. The number of carbonyl (C=O) groups excluding carboxylic acids is 3. The van der Waals surface area contributed by atoms with Gasteiger partial charge in [0.05, 0.1) is 24.4 Å². The highest BCUT2D eigenvalue weighted by Gasteiger charge is 2.45. The number of amides is 1. The number of esters is 1. The van der Waals surface area contributed by atoms with Gasteiger partial charge in [0.25, 0.3) is 0 Å². The fourth-order valence-corrected chi connectivity index (χ4v) is 5.81. The monoisotopic (exact) mass is 527 g/mol. The summed E-state index contributed by atoms with van der Waals surface area (Å²) in [6, 6.07) is 4.14. The van der Waals surface area contributed by atoms with Crippen LogP contribution in [0.2, 0.25) is 0 Å². The number of methoxy groups -OCH3 is 1. The maximum atomic E-state index is 13.0. The molecule has 0 spiro atoms. The number of carbonyl (C=O) groups is 3. The first-order valence-corrected chi connectivity index (χ1v) is 13.2. The molecule has 0 aromatic carbocycles. The molecular formula is C25H33N7O4S. The van der Waals surface area contributed by atoms with E-state index in [4.69, 9.17) is 9.72 Å². The summed E-state index contributed by atoms with van der Waals surface area (Å²) in [6.45, 7) is 3.72. The number of hydrazine groups is 1. The minimum Gasteiger partial charge on any atom is -0.465 e. The largest absolute Gasteiger partial charge is 0.465 e. The van der Waals surface area contributed by atoms with E-state index in [0.29, 0.717) is 28.8 Å². The van der Waals surface area contributed by atoms with Crippen LogP contribution < -0.4 is 21.5 Å². The average Bonchev–Trinajstić information content (AvgIpc) is 3.41. The van der Waals surface area contributed by atoms with E-state index in [1.807, 2.05) is 11.0 Å². The van der Waals surface area contributed by atoms with E-state index in [1.54, 1.807) is 13.0 Å². The minimum absolute atomic E-state index is 0.0174. The standard InChI is InChI=1S/C25H33N7O4S/c1-12-6-21(31-30-12)28-20-10-19-18(7-14(11-26-19)24(34)36-3)22(29-20)27-15-8-16-4-5-17(9-15)32(16)23(33)13(2)25(35)37/h7,10-13,15-17,21,30-31H,4-6,8-9H2,1-3H3,(H,35,37)(H2,27,28,29)/t12?,13?,15?,16-,17+,21?. The van der Waals surface area contributed by atoms with Crippen LogP contribution in [0.4, 0.5) is 11.6 Å². The third-order valence-corrected chi connectivity index (χ3v) is 7.97. The smallest absolute Gasteiger partial charge is 0.339 e. The molecule has 2 aromatic rings. The molecule has 3 aliphatic heterocycles. The highest BCUT2D eigenvalue weighted by Crippen LogP contribution is 2.38. The van der Waals surface area contributed by atoms with Crippen molar-refractivity contribution < 1.29 is 19.1 Å². The number of ether oxygens (including phenoxy) is 1. The van der Waals surface area contributed by atoms with Crippen LogP contribution >= 0.6 is 12.6 Å². The molecule has 3 fully saturated rings. The Morgan fingerprint density at radius 3 is 2.49 bits per heavy atom. The molecule has 198 valence electrons. The molecule has 3 aliphatic rings. The molecule has 5 rings (SSSR count). The second-order valence-electron chi connectivity index (χ2n) is 10.3. The molecule has 6 atom stereocenters. The van der Waals surface area contributed by atoms with Crippen molar-refractivity contribution in [1.82, 2.24) is 25.7 Å². The van der Waals surface area contributed by atoms with Crippen molar-refractivity contribution in [2.24, 2.45) is 5.92 Å². The molecule has 4 N–H and O–H groups in total. The van der Waals surface area contributed by atoms with Gasteiger partial charge in [0.2, 0.25) is 5.91 Å². The predicted octanol–water partition coefficient (Wildman–Crippen LogP) is 2.07. The van der Waals surface area contributed by atoms with E-state index < -0.39 is 17.0 Å². The zero-order valence-corrected chi connectivity index (χ0v) is 22.0. The van der Waals surface area contributed by atoms with E-state index in [-0.39, 0.29) is 30.2 Å². The van der Waals surface area contributed by atoms with Gasteiger partial charge in [0.15, 0.2) is 5.12 Å². The van der Waals surface area contributed by atoms with Gasteiger partial charge in [-0.05, 0) is 52.0 Å². The number of nitrogens with one attached hydrogen (secondary N) is 4. The highest BCUT2D eigenvalue weighted by atomic mass is 32.1. The Morgan fingerprint density at radius 1 is 1.14 bits per heavy atom. The van der Waals surface area contributed by atoms with E-state index in [0.717, 1.165) is 37.5 Å². The van der Waals surface area contributed by atoms with Crippen LogP contribution in [0.1, 0.15) is 56.3 Å². The van der Waals surface area contributed by atoms with Crippen LogP contribution in [-0.4, -0.2) is 69.3 Å². The fourth-order valence-electron chi connectivity index (χ4n) is 5.70. The molecule has 3 saturated heterocycles. The van der Waals surface area contributed by atoms with Crippen molar-refractivity contribution in [3.8, 4) is 0 Å². The van der Waals surface area contributed by atoms with Gasteiger partial charge in [-0.1, -0.05) is 0 Å². The topological polar surface area (TPSA) is 138 Å². The lowest BCUT2D eigenvalue weighted by molar-refractivity contribution is -0.142. The quantitative estimate of drug-likeness (QED) is 0.207. The second-order valence-corrected chi connectivity index (χ2v) is 10.7. The van der Waals surface area contributed by atoms with Crippen LogP contribution in [0, 0.1) is 5.92 Å².